The van der Waals surface area contributed by atoms with Crippen molar-refractivity contribution < 1.29 is 18.1 Å². The van der Waals surface area contributed by atoms with Gasteiger partial charge in [0.25, 0.3) is 0 Å². The van der Waals surface area contributed by atoms with Crippen LogP contribution in [-0.2, 0) is 11.5 Å². The summed E-state index contributed by atoms with van der Waals surface area (Å²) in [6, 6.07) is 0.708. The summed E-state index contributed by atoms with van der Waals surface area (Å²) in [5.41, 5.74) is -1.10. The summed E-state index contributed by atoms with van der Waals surface area (Å²) in [7, 11) is 0. The van der Waals surface area contributed by atoms with E-state index in [0.717, 1.165) is 0 Å². The molecule has 15 heavy (non-hydrogen) atoms. The number of rotatable bonds is 2. The maximum atomic E-state index is 12.2. The van der Waals surface area contributed by atoms with E-state index in [1.807, 2.05) is 0 Å². The van der Waals surface area contributed by atoms with E-state index >= 15 is 0 Å². The molecular formula is C7H4BrF3N2O2. The third-order valence-electron chi connectivity index (χ3n) is 1.59. The highest BCUT2D eigenvalue weighted by Crippen LogP contribution is 2.31. The van der Waals surface area contributed by atoms with Crippen molar-refractivity contribution in [3.8, 4) is 0 Å². The molecule has 0 N–H and O–H groups in total. The van der Waals surface area contributed by atoms with Gasteiger partial charge in [0.15, 0.2) is 6.20 Å². The van der Waals surface area contributed by atoms with Crippen molar-refractivity contribution in [3.63, 3.8) is 0 Å². The maximum Gasteiger partial charge on any atom is 0.420 e. The molecule has 1 aromatic rings. The van der Waals surface area contributed by atoms with Crippen LogP contribution in [0.5, 0.6) is 0 Å². The summed E-state index contributed by atoms with van der Waals surface area (Å²) < 4.78 is 36.6. The molecule has 0 bridgehead atoms. The lowest BCUT2D eigenvalue weighted by Gasteiger charge is -2.05. The number of nitro groups is 1. The Hall–Kier alpha value is -1.18. The van der Waals surface area contributed by atoms with Crippen molar-refractivity contribution in [3.05, 3.63) is 33.5 Å². The molecule has 0 radical (unpaired) electrons. The van der Waals surface area contributed by atoms with Gasteiger partial charge < -0.3 is 10.1 Å². The van der Waals surface area contributed by atoms with E-state index in [9.17, 15) is 23.3 Å². The van der Waals surface area contributed by atoms with Crippen LogP contribution in [0.2, 0.25) is 0 Å². The minimum Gasteiger partial charge on any atom is -0.358 e. The third-order valence-corrected chi connectivity index (χ3v) is 2.19. The SMILES string of the molecule is O=[N+]([O-])c1ncc(C(F)(F)F)cc1CBr. The van der Waals surface area contributed by atoms with Crippen molar-refractivity contribution in [2.45, 2.75) is 11.5 Å². The zero-order valence-corrected chi connectivity index (χ0v) is 8.67. The van der Waals surface area contributed by atoms with Crippen LogP contribution < -0.4 is 0 Å². The van der Waals surface area contributed by atoms with Gasteiger partial charge in [-0.25, -0.2) is 0 Å². The van der Waals surface area contributed by atoms with Gasteiger partial charge >= 0.3 is 12.0 Å². The summed E-state index contributed by atoms with van der Waals surface area (Å²) in [4.78, 5) is 12.7. The molecule has 0 saturated heterocycles. The van der Waals surface area contributed by atoms with Gasteiger partial charge in [0.05, 0.1) is 11.1 Å². The number of aromatic nitrogens is 1. The zero-order chi connectivity index (χ0) is 11.6. The fourth-order valence-corrected chi connectivity index (χ4v) is 1.33. The second kappa shape index (κ2) is 4.13. The molecule has 0 aliphatic rings. The van der Waals surface area contributed by atoms with Gasteiger partial charge in [-0.2, -0.15) is 13.2 Å². The van der Waals surface area contributed by atoms with Crippen molar-refractivity contribution in [1.29, 1.82) is 0 Å². The molecule has 0 aliphatic heterocycles. The van der Waals surface area contributed by atoms with Crippen LogP contribution in [0.15, 0.2) is 12.3 Å². The Labute approximate surface area is 90.4 Å². The lowest BCUT2D eigenvalue weighted by molar-refractivity contribution is -0.390. The summed E-state index contributed by atoms with van der Waals surface area (Å²) in [6.07, 6.45) is -4.09. The summed E-state index contributed by atoms with van der Waals surface area (Å²) in [5, 5.41) is 10.3. The van der Waals surface area contributed by atoms with Crippen LogP contribution in [0, 0.1) is 10.1 Å². The number of halogens is 4. The van der Waals surface area contributed by atoms with Gasteiger partial charge in [0.1, 0.15) is 0 Å². The first-order chi connectivity index (χ1) is 6.86. The Morgan fingerprint density at radius 1 is 1.53 bits per heavy atom. The van der Waals surface area contributed by atoms with E-state index in [0.29, 0.717) is 12.3 Å². The second-order valence-electron chi connectivity index (χ2n) is 2.60. The highest BCUT2D eigenvalue weighted by atomic mass is 79.9. The molecule has 1 aromatic heterocycles. The molecule has 4 nitrogen and oxygen atoms in total. The Balaban J connectivity index is 3.25. The third kappa shape index (κ3) is 2.65. The number of hydrogen-bond donors (Lipinski definition) is 0. The molecule has 0 fully saturated rings. The summed E-state index contributed by atoms with van der Waals surface area (Å²) >= 11 is 2.87. The quantitative estimate of drug-likeness (QED) is 0.477. The van der Waals surface area contributed by atoms with Gasteiger partial charge in [0.2, 0.25) is 0 Å². The molecule has 0 spiro atoms. The fraction of sp³-hybridized carbons (Fsp3) is 0.286. The highest BCUT2D eigenvalue weighted by Gasteiger charge is 2.34. The van der Waals surface area contributed by atoms with E-state index < -0.39 is 22.5 Å². The summed E-state index contributed by atoms with van der Waals surface area (Å²) in [6.45, 7) is 0. The number of alkyl halides is 4. The molecule has 0 saturated carbocycles. The first kappa shape index (κ1) is 11.9. The Morgan fingerprint density at radius 2 is 2.13 bits per heavy atom. The molecule has 8 heteroatoms. The van der Waals surface area contributed by atoms with E-state index in [-0.39, 0.29) is 10.9 Å². The van der Waals surface area contributed by atoms with Gasteiger partial charge in [-0.05, 0) is 16.0 Å². The largest absolute Gasteiger partial charge is 0.420 e. The van der Waals surface area contributed by atoms with Gasteiger partial charge in [-0.15, -0.1) is 0 Å². The van der Waals surface area contributed by atoms with Crippen LogP contribution in [0.3, 0.4) is 0 Å². The average molecular weight is 285 g/mol. The lowest BCUT2D eigenvalue weighted by atomic mass is 10.2. The predicted molar refractivity (Wildman–Crippen MR) is 48.5 cm³/mol. The first-order valence-electron chi connectivity index (χ1n) is 3.62. The van der Waals surface area contributed by atoms with Crippen LogP contribution in [0.25, 0.3) is 0 Å². The summed E-state index contributed by atoms with van der Waals surface area (Å²) in [5.74, 6) is -0.570. The zero-order valence-electron chi connectivity index (χ0n) is 7.08. The van der Waals surface area contributed by atoms with Crippen molar-refractivity contribution in [1.82, 2.24) is 4.98 Å². The van der Waals surface area contributed by atoms with Crippen LogP contribution in [0.4, 0.5) is 19.0 Å². The first-order valence-corrected chi connectivity index (χ1v) is 4.75. The van der Waals surface area contributed by atoms with Crippen molar-refractivity contribution in [2.24, 2.45) is 0 Å². The topological polar surface area (TPSA) is 56.0 Å². The van der Waals surface area contributed by atoms with Crippen molar-refractivity contribution in [2.75, 3.05) is 0 Å². The molecule has 0 aromatic carbocycles. The molecule has 0 amide bonds. The van der Waals surface area contributed by atoms with Gasteiger partial charge in [-0.1, -0.05) is 15.9 Å². The number of hydrogen-bond acceptors (Lipinski definition) is 3. The van der Waals surface area contributed by atoms with Crippen LogP contribution in [-0.4, -0.2) is 9.91 Å². The number of pyridine rings is 1. The monoisotopic (exact) mass is 284 g/mol. The fourth-order valence-electron chi connectivity index (χ4n) is 0.921. The number of nitrogens with zero attached hydrogens (tertiary/aromatic N) is 2. The Morgan fingerprint density at radius 3 is 2.53 bits per heavy atom. The van der Waals surface area contributed by atoms with E-state index in [4.69, 9.17) is 0 Å². The minimum absolute atomic E-state index is 0.0553. The normalized spacial score (nSPS) is 11.5. The predicted octanol–water partition coefficient (Wildman–Crippen LogP) is 2.90. The Bertz CT molecular complexity index is 394. The molecule has 82 valence electrons. The van der Waals surface area contributed by atoms with Crippen LogP contribution in [0.1, 0.15) is 11.1 Å². The highest BCUT2D eigenvalue weighted by molar-refractivity contribution is 9.08. The van der Waals surface area contributed by atoms with E-state index in [1.165, 1.54) is 0 Å². The molecule has 1 rings (SSSR count). The molecule has 0 aliphatic carbocycles. The van der Waals surface area contributed by atoms with E-state index in [2.05, 4.69) is 20.9 Å². The second-order valence-corrected chi connectivity index (χ2v) is 3.16. The molecular weight excluding hydrogens is 281 g/mol. The van der Waals surface area contributed by atoms with Gasteiger partial charge in [-0.3, -0.25) is 0 Å². The van der Waals surface area contributed by atoms with Gasteiger partial charge in [0, 0.05) is 5.33 Å². The lowest BCUT2D eigenvalue weighted by Crippen LogP contribution is -2.08. The smallest absolute Gasteiger partial charge is 0.358 e. The minimum atomic E-state index is -4.54. The van der Waals surface area contributed by atoms with Crippen LogP contribution >= 0.6 is 15.9 Å². The Kier molecular flexibility index (Phi) is 3.28. The standard InChI is InChI=1S/C7H4BrF3N2O2/c8-2-4-1-5(7(9,10)11)3-12-6(4)13(14)15/h1,3H,2H2. The average Bonchev–Trinajstić information content (AvgIpc) is 2.15. The molecule has 1 heterocycles. The van der Waals surface area contributed by atoms with Crippen molar-refractivity contribution >= 4 is 21.7 Å². The maximum absolute atomic E-state index is 12.2. The molecule has 0 atom stereocenters. The van der Waals surface area contributed by atoms with E-state index in [1.54, 1.807) is 0 Å². The molecule has 0 unspecified atom stereocenters.